The molecule has 4 nitrogen and oxygen atoms in total. The lowest BCUT2D eigenvalue weighted by molar-refractivity contribution is 0.103. The smallest absolute Gasteiger partial charge is 0.258 e. The van der Waals surface area contributed by atoms with Crippen LogP contribution in [-0.2, 0) is 12.3 Å². The highest BCUT2D eigenvalue weighted by molar-refractivity contribution is 7.99. The minimum absolute atomic E-state index is 0.0295. The number of fused-ring (bicyclic) bond motifs is 1. The first-order valence-electron chi connectivity index (χ1n) is 9.29. The molecule has 0 fully saturated rings. The van der Waals surface area contributed by atoms with Crippen LogP contribution < -0.4 is 5.56 Å². The molecule has 0 radical (unpaired) electrons. The lowest BCUT2D eigenvalue weighted by Crippen LogP contribution is -2.28. The molecule has 0 amide bonds. The van der Waals surface area contributed by atoms with Crippen LogP contribution in [-0.4, -0.2) is 21.1 Å². The number of hydrogen-bond acceptors (Lipinski definition) is 5. The lowest BCUT2D eigenvalue weighted by atomic mass is 10.0. The van der Waals surface area contributed by atoms with Crippen LogP contribution in [0, 0.1) is 6.92 Å². The van der Waals surface area contributed by atoms with Gasteiger partial charge in [-0.15, -0.1) is 11.8 Å². The van der Waals surface area contributed by atoms with Gasteiger partial charge in [-0.1, -0.05) is 47.6 Å². The van der Waals surface area contributed by atoms with E-state index in [4.69, 9.17) is 16.6 Å². The van der Waals surface area contributed by atoms with E-state index in [2.05, 4.69) is 0 Å². The van der Waals surface area contributed by atoms with E-state index >= 15 is 0 Å². The number of rotatable bonds is 5. The van der Waals surface area contributed by atoms with Gasteiger partial charge in [0.1, 0.15) is 5.03 Å². The number of aromatic nitrogens is 2. The molecule has 0 spiro atoms. The van der Waals surface area contributed by atoms with Crippen LogP contribution in [0.25, 0.3) is 0 Å². The van der Waals surface area contributed by atoms with Crippen molar-refractivity contribution in [3.05, 3.63) is 86.2 Å². The van der Waals surface area contributed by atoms with E-state index in [-0.39, 0.29) is 11.3 Å². The van der Waals surface area contributed by atoms with Crippen LogP contribution in [0.3, 0.4) is 0 Å². The SMILES string of the molecule is Cc1c(SCc2ccc(C(=O)c3ccc(Cl)cc3)cc2)nc2n(c1=O)CCCS2. The molecule has 3 aromatic rings. The molecular formula is C22H19ClN2O2S2. The van der Waals surface area contributed by atoms with Crippen molar-refractivity contribution in [2.45, 2.75) is 35.8 Å². The summed E-state index contributed by atoms with van der Waals surface area (Å²) in [6, 6.07) is 14.5. The van der Waals surface area contributed by atoms with Gasteiger partial charge in [0.2, 0.25) is 0 Å². The normalized spacial score (nSPS) is 13.2. The summed E-state index contributed by atoms with van der Waals surface area (Å²) in [6.45, 7) is 2.60. The van der Waals surface area contributed by atoms with Crippen molar-refractivity contribution >= 4 is 40.9 Å². The van der Waals surface area contributed by atoms with E-state index in [1.807, 2.05) is 31.2 Å². The third-order valence-corrected chi connectivity index (χ3v) is 7.23. The first-order chi connectivity index (χ1) is 14.0. The average molecular weight is 443 g/mol. The van der Waals surface area contributed by atoms with E-state index in [9.17, 15) is 9.59 Å². The number of benzene rings is 2. The van der Waals surface area contributed by atoms with E-state index in [0.29, 0.717) is 27.5 Å². The van der Waals surface area contributed by atoms with Crippen molar-refractivity contribution in [3.8, 4) is 0 Å². The number of carbonyl (C=O) groups excluding carboxylic acids is 1. The number of nitrogens with zero attached hydrogens (tertiary/aromatic N) is 2. The Kier molecular flexibility index (Phi) is 6.13. The maximum Gasteiger partial charge on any atom is 0.258 e. The molecule has 0 saturated heterocycles. The van der Waals surface area contributed by atoms with Crippen LogP contribution in [0.4, 0.5) is 0 Å². The molecule has 1 aromatic heterocycles. The van der Waals surface area contributed by atoms with Gasteiger partial charge in [0.15, 0.2) is 10.9 Å². The van der Waals surface area contributed by atoms with Crippen molar-refractivity contribution in [2.24, 2.45) is 0 Å². The fourth-order valence-corrected chi connectivity index (χ4v) is 5.19. The Bertz CT molecular complexity index is 1110. The molecule has 0 unspecified atom stereocenters. The number of halogens is 1. The molecule has 0 N–H and O–H groups in total. The van der Waals surface area contributed by atoms with E-state index in [0.717, 1.165) is 34.5 Å². The Morgan fingerprint density at radius 1 is 1.14 bits per heavy atom. The van der Waals surface area contributed by atoms with E-state index < -0.39 is 0 Å². The Morgan fingerprint density at radius 3 is 2.48 bits per heavy atom. The van der Waals surface area contributed by atoms with Crippen LogP contribution in [0.1, 0.15) is 33.5 Å². The quantitative estimate of drug-likeness (QED) is 0.234. The molecule has 1 aliphatic rings. The third kappa shape index (κ3) is 4.44. The second-order valence-corrected chi connectivity index (χ2v) is 9.27. The van der Waals surface area contributed by atoms with Gasteiger partial charge < -0.3 is 0 Å². The summed E-state index contributed by atoms with van der Waals surface area (Å²) in [5.41, 5.74) is 3.10. The number of thioether (sulfide) groups is 2. The van der Waals surface area contributed by atoms with Crippen molar-refractivity contribution in [1.82, 2.24) is 9.55 Å². The largest absolute Gasteiger partial charge is 0.289 e. The molecule has 2 aromatic carbocycles. The summed E-state index contributed by atoms with van der Waals surface area (Å²) in [6.07, 6.45) is 1.01. The van der Waals surface area contributed by atoms with Crippen molar-refractivity contribution < 1.29 is 4.79 Å². The van der Waals surface area contributed by atoms with Gasteiger partial charge in [-0.25, -0.2) is 4.98 Å². The van der Waals surface area contributed by atoms with Gasteiger partial charge in [0.05, 0.1) is 0 Å². The second kappa shape index (κ2) is 8.78. The maximum absolute atomic E-state index is 12.6. The highest BCUT2D eigenvalue weighted by Gasteiger charge is 2.17. The topological polar surface area (TPSA) is 52.0 Å². The highest BCUT2D eigenvalue weighted by atomic mass is 35.5. The molecule has 0 atom stereocenters. The van der Waals surface area contributed by atoms with Gasteiger partial charge in [-0.2, -0.15) is 0 Å². The summed E-state index contributed by atoms with van der Waals surface area (Å²) in [4.78, 5) is 29.8. The molecule has 4 rings (SSSR count). The summed E-state index contributed by atoms with van der Waals surface area (Å²) in [5.74, 6) is 1.66. The first-order valence-corrected chi connectivity index (χ1v) is 11.6. The van der Waals surface area contributed by atoms with Crippen LogP contribution in [0.2, 0.25) is 5.02 Å². The average Bonchev–Trinajstić information content (AvgIpc) is 2.76. The van der Waals surface area contributed by atoms with Crippen LogP contribution in [0.5, 0.6) is 0 Å². The minimum Gasteiger partial charge on any atom is -0.289 e. The molecule has 0 bridgehead atoms. The monoisotopic (exact) mass is 442 g/mol. The predicted octanol–water partition coefficient (Wildman–Crippen LogP) is 5.22. The van der Waals surface area contributed by atoms with Gasteiger partial charge in [0, 0.05) is 39.8 Å². The highest BCUT2D eigenvalue weighted by Crippen LogP contribution is 2.28. The van der Waals surface area contributed by atoms with Crippen LogP contribution >= 0.6 is 35.1 Å². The minimum atomic E-state index is -0.0295. The summed E-state index contributed by atoms with van der Waals surface area (Å²) in [5, 5.41) is 2.22. The Labute approximate surface area is 182 Å². The summed E-state index contributed by atoms with van der Waals surface area (Å²) in [7, 11) is 0. The first kappa shape index (κ1) is 20.3. The Balaban J connectivity index is 1.47. The fourth-order valence-electron chi connectivity index (χ4n) is 3.12. The molecule has 29 heavy (non-hydrogen) atoms. The number of carbonyl (C=O) groups is 1. The lowest BCUT2D eigenvalue weighted by Gasteiger charge is -2.18. The zero-order valence-electron chi connectivity index (χ0n) is 15.9. The molecule has 148 valence electrons. The molecule has 0 aliphatic carbocycles. The van der Waals surface area contributed by atoms with Crippen molar-refractivity contribution in [3.63, 3.8) is 0 Å². The molecule has 1 aliphatic heterocycles. The van der Waals surface area contributed by atoms with E-state index in [1.165, 1.54) is 0 Å². The summed E-state index contributed by atoms with van der Waals surface area (Å²) >= 11 is 9.09. The van der Waals surface area contributed by atoms with Crippen LogP contribution in [0.15, 0.2) is 63.5 Å². The van der Waals surface area contributed by atoms with Gasteiger partial charge in [-0.05, 0) is 43.2 Å². The second-order valence-electron chi connectivity index (χ2n) is 6.80. The summed E-state index contributed by atoms with van der Waals surface area (Å²) < 4.78 is 1.78. The number of ketones is 1. The zero-order valence-corrected chi connectivity index (χ0v) is 18.2. The molecular weight excluding hydrogens is 424 g/mol. The number of hydrogen-bond donors (Lipinski definition) is 0. The standard InChI is InChI=1S/C22H19ClN2O2S2/c1-14-20(24-22-25(21(14)27)11-2-12-28-22)29-13-15-3-5-16(6-4-15)19(26)17-7-9-18(23)10-8-17/h3-10H,2,11-13H2,1H3. The van der Waals surface area contributed by atoms with E-state index in [1.54, 1.807) is 52.4 Å². The molecule has 0 saturated carbocycles. The zero-order chi connectivity index (χ0) is 20.4. The third-order valence-electron chi connectivity index (χ3n) is 4.77. The van der Waals surface area contributed by atoms with Crippen molar-refractivity contribution in [1.29, 1.82) is 0 Å². The fraction of sp³-hybridized carbons (Fsp3) is 0.227. The van der Waals surface area contributed by atoms with Gasteiger partial charge in [-0.3, -0.25) is 14.2 Å². The van der Waals surface area contributed by atoms with Gasteiger partial charge >= 0.3 is 0 Å². The van der Waals surface area contributed by atoms with Gasteiger partial charge in [0.25, 0.3) is 5.56 Å². The van der Waals surface area contributed by atoms with Crippen molar-refractivity contribution in [2.75, 3.05) is 5.75 Å². The maximum atomic E-state index is 12.6. The predicted molar refractivity (Wildman–Crippen MR) is 119 cm³/mol. The molecule has 2 heterocycles. The Hall–Kier alpha value is -2.02. The Morgan fingerprint density at radius 2 is 1.79 bits per heavy atom. The molecule has 7 heteroatoms.